The highest BCUT2D eigenvalue weighted by molar-refractivity contribution is 7.98. The monoisotopic (exact) mass is 427 g/mol. The highest BCUT2D eigenvalue weighted by atomic mass is 32.2. The first kappa shape index (κ1) is 18.6. The molecule has 0 unspecified atom stereocenters. The largest absolute Gasteiger partial charge is 0.461 e. The molecule has 0 radical (unpaired) electrons. The molecule has 0 aromatic carbocycles. The molecule has 4 heterocycles. The van der Waals surface area contributed by atoms with Crippen LogP contribution in [0.5, 0.6) is 0 Å². The van der Waals surface area contributed by atoms with Gasteiger partial charge in [-0.3, -0.25) is 13.8 Å². The Kier molecular flexibility index (Phi) is 5.01. The molecule has 150 valence electrons. The summed E-state index contributed by atoms with van der Waals surface area (Å²) in [5.74, 6) is 2.09. The Hall–Kier alpha value is -2.39. The van der Waals surface area contributed by atoms with Gasteiger partial charge in [0.15, 0.2) is 15.9 Å². The number of fused-ring (bicyclic) bond motifs is 1. The number of rotatable bonds is 5. The molecule has 0 amide bonds. The van der Waals surface area contributed by atoms with E-state index in [0.717, 1.165) is 45.9 Å². The quantitative estimate of drug-likeness (QED) is 0.429. The molecular weight excluding hydrogens is 406 g/mol. The van der Waals surface area contributed by atoms with Gasteiger partial charge in [-0.1, -0.05) is 31.0 Å². The second-order valence-corrected chi connectivity index (χ2v) is 9.09. The molecule has 5 rings (SSSR count). The number of thiazole rings is 1. The number of nitrogens with zero attached hydrogens (tertiary/aromatic N) is 5. The summed E-state index contributed by atoms with van der Waals surface area (Å²) < 4.78 is 9.48. The summed E-state index contributed by atoms with van der Waals surface area (Å²) in [5.41, 5.74) is 1.65. The Morgan fingerprint density at radius 3 is 2.93 bits per heavy atom. The van der Waals surface area contributed by atoms with Gasteiger partial charge in [0.25, 0.3) is 5.56 Å². The average Bonchev–Trinajstić information content (AvgIpc) is 3.47. The van der Waals surface area contributed by atoms with Crippen LogP contribution >= 0.6 is 23.1 Å². The highest BCUT2D eigenvalue weighted by Gasteiger charge is 2.25. The minimum Gasteiger partial charge on any atom is -0.461 e. The van der Waals surface area contributed by atoms with Crippen LogP contribution in [0.15, 0.2) is 44.2 Å². The Labute approximate surface area is 175 Å². The second-order valence-electron chi connectivity index (χ2n) is 7.31. The van der Waals surface area contributed by atoms with Crippen molar-refractivity contribution in [2.75, 3.05) is 0 Å². The Morgan fingerprint density at radius 1 is 1.28 bits per heavy atom. The van der Waals surface area contributed by atoms with Crippen molar-refractivity contribution in [2.45, 2.75) is 56.0 Å². The van der Waals surface area contributed by atoms with E-state index in [1.165, 1.54) is 30.6 Å². The van der Waals surface area contributed by atoms with E-state index in [9.17, 15) is 4.79 Å². The van der Waals surface area contributed by atoms with Gasteiger partial charge in [-0.25, -0.2) is 4.98 Å². The van der Waals surface area contributed by atoms with Gasteiger partial charge in [0.2, 0.25) is 5.82 Å². The van der Waals surface area contributed by atoms with Crippen molar-refractivity contribution < 1.29 is 4.42 Å². The van der Waals surface area contributed by atoms with E-state index in [1.54, 1.807) is 28.5 Å². The van der Waals surface area contributed by atoms with Crippen LogP contribution in [0.1, 0.15) is 49.5 Å². The molecule has 0 aliphatic heterocycles. The second kappa shape index (κ2) is 7.79. The van der Waals surface area contributed by atoms with Gasteiger partial charge < -0.3 is 4.42 Å². The molecule has 0 saturated heterocycles. The Balaban J connectivity index is 1.46. The molecule has 1 fully saturated rings. The lowest BCUT2D eigenvalue weighted by Crippen LogP contribution is -2.16. The number of hydrogen-bond acceptors (Lipinski definition) is 7. The van der Waals surface area contributed by atoms with Crippen LogP contribution in [-0.2, 0) is 5.75 Å². The number of aryl methyl sites for hydroxylation is 1. The number of thioether (sulfide) groups is 1. The number of hydrogen-bond donors (Lipinski definition) is 0. The van der Waals surface area contributed by atoms with Gasteiger partial charge in [0.05, 0.1) is 12.0 Å². The fraction of sp³-hybridized carbons (Fsp3) is 0.400. The molecule has 0 N–H and O–H groups in total. The van der Waals surface area contributed by atoms with Gasteiger partial charge in [-0.05, 0) is 31.9 Å². The zero-order valence-corrected chi connectivity index (χ0v) is 17.7. The fourth-order valence-corrected chi connectivity index (χ4v) is 5.72. The maximum Gasteiger partial charge on any atom is 0.258 e. The predicted octanol–water partition coefficient (Wildman–Crippen LogP) is 4.71. The summed E-state index contributed by atoms with van der Waals surface area (Å²) in [7, 11) is 0. The highest BCUT2D eigenvalue weighted by Crippen LogP contribution is 2.36. The van der Waals surface area contributed by atoms with Crippen LogP contribution in [0.25, 0.3) is 16.5 Å². The van der Waals surface area contributed by atoms with Crippen LogP contribution in [0.3, 0.4) is 0 Å². The smallest absolute Gasteiger partial charge is 0.258 e. The minimum atomic E-state index is -0.0330. The molecule has 1 aliphatic rings. The summed E-state index contributed by atoms with van der Waals surface area (Å²) >= 11 is 3.07. The maximum absolute atomic E-state index is 12.4. The molecule has 0 atom stereocenters. The van der Waals surface area contributed by atoms with Crippen LogP contribution in [0.4, 0.5) is 0 Å². The topological polar surface area (TPSA) is 78.2 Å². The summed E-state index contributed by atoms with van der Waals surface area (Å²) in [5, 5.41) is 11.7. The molecule has 0 spiro atoms. The molecule has 1 aliphatic carbocycles. The zero-order valence-electron chi connectivity index (χ0n) is 16.1. The predicted molar refractivity (Wildman–Crippen MR) is 113 cm³/mol. The van der Waals surface area contributed by atoms with E-state index in [4.69, 9.17) is 4.42 Å². The number of furan rings is 1. The summed E-state index contributed by atoms with van der Waals surface area (Å²) in [6.45, 7) is 1.92. The standard InChI is InChI=1S/C20H21N5O2S2/c1-13-11-28-19-21-14(10-17(26)24(13)19)12-29-20-23-22-18(16-8-5-9-27-16)25(20)15-6-3-2-4-7-15/h5,8-11,15H,2-4,6-7,12H2,1H3. The molecular formula is C20H21N5O2S2. The van der Waals surface area contributed by atoms with E-state index >= 15 is 0 Å². The van der Waals surface area contributed by atoms with Crippen molar-refractivity contribution in [1.82, 2.24) is 24.1 Å². The molecule has 4 aromatic heterocycles. The first-order valence-corrected chi connectivity index (χ1v) is 11.7. The molecule has 7 nitrogen and oxygen atoms in total. The molecule has 9 heteroatoms. The van der Waals surface area contributed by atoms with Crippen molar-refractivity contribution in [1.29, 1.82) is 0 Å². The molecule has 4 aromatic rings. The Morgan fingerprint density at radius 2 is 2.14 bits per heavy atom. The first-order chi connectivity index (χ1) is 14.2. The van der Waals surface area contributed by atoms with Crippen LogP contribution in [0.2, 0.25) is 0 Å². The molecule has 0 bridgehead atoms. The van der Waals surface area contributed by atoms with Crippen LogP contribution in [-0.4, -0.2) is 24.1 Å². The fourth-order valence-electron chi connectivity index (χ4n) is 3.93. The van der Waals surface area contributed by atoms with Crippen molar-refractivity contribution in [3.05, 3.63) is 51.6 Å². The summed E-state index contributed by atoms with van der Waals surface area (Å²) in [4.78, 5) is 17.8. The van der Waals surface area contributed by atoms with Crippen LogP contribution in [0, 0.1) is 6.92 Å². The molecule has 1 saturated carbocycles. The van der Waals surface area contributed by atoms with Gasteiger partial charge >= 0.3 is 0 Å². The third-order valence-corrected chi connectivity index (χ3v) is 7.24. The van der Waals surface area contributed by atoms with Gasteiger partial charge in [0, 0.05) is 28.9 Å². The van der Waals surface area contributed by atoms with Gasteiger partial charge in [-0.2, -0.15) is 0 Å². The van der Waals surface area contributed by atoms with E-state index in [0.29, 0.717) is 11.8 Å². The molecule has 29 heavy (non-hydrogen) atoms. The normalized spacial score (nSPS) is 15.3. The third-order valence-electron chi connectivity index (χ3n) is 5.32. The first-order valence-electron chi connectivity index (χ1n) is 9.79. The maximum atomic E-state index is 12.4. The van der Waals surface area contributed by atoms with Crippen LogP contribution < -0.4 is 5.56 Å². The minimum absolute atomic E-state index is 0.0330. The van der Waals surface area contributed by atoms with Gasteiger partial charge in [-0.15, -0.1) is 21.5 Å². The Bertz CT molecular complexity index is 1190. The van der Waals surface area contributed by atoms with E-state index in [2.05, 4.69) is 19.7 Å². The third kappa shape index (κ3) is 3.53. The summed E-state index contributed by atoms with van der Waals surface area (Å²) in [6, 6.07) is 5.79. The zero-order chi connectivity index (χ0) is 19.8. The van der Waals surface area contributed by atoms with Crippen molar-refractivity contribution in [3.8, 4) is 11.6 Å². The lowest BCUT2D eigenvalue weighted by atomic mass is 9.95. The SMILES string of the molecule is Cc1csc2nc(CSc3nnc(-c4ccco4)n3C3CCCCC3)cc(=O)n12. The van der Waals surface area contributed by atoms with Crippen molar-refractivity contribution in [2.24, 2.45) is 0 Å². The number of aromatic nitrogens is 5. The van der Waals surface area contributed by atoms with E-state index in [1.807, 2.05) is 24.4 Å². The lowest BCUT2D eigenvalue weighted by molar-refractivity contribution is 0.337. The lowest BCUT2D eigenvalue weighted by Gasteiger charge is -2.25. The van der Waals surface area contributed by atoms with Crippen molar-refractivity contribution in [3.63, 3.8) is 0 Å². The van der Waals surface area contributed by atoms with Gasteiger partial charge in [0.1, 0.15) is 0 Å². The average molecular weight is 428 g/mol. The van der Waals surface area contributed by atoms with Crippen molar-refractivity contribution >= 4 is 28.1 Å². The summed E-state index contributed by atoms with van der Waals surface area (Å²) in [6.07, 6.45) is 7.64. The van der Waals surface area contributed by atoms with E-state index < -0.39 is 0 Å². The van der Waals surface area contributed by atoms with E-state index in [-0.39, 0.29) is 5.56 Å².